The van der Waals surface area contributed by atoms with Crippen LogP contribution in [0.4, 0.5) is 5.69 Å². The average molecular weight is 391 g/mol. The Morgan fingerprint density at radius 2 is 2.07 bits per heavy atom. The number of thiophene rings is 1. The van der Waals surface area contributed by atoms with E-state index in [0.717, 1.165) is 28.5 Å². The molecule has 0 aliphatic carbocycles. The number of hydrazone groups is 1. The normalized spacial score (nSPS) is 21.1. The van der Waals surface area contributed by atoms with Crippen molar-refractivity contribution in [2.24, 2.45) is 5.10 Å². The standard InChI is InChI=1S/C22H21N3O2S/c1-15-12-16-6-2-3-7-18(16)24(15)14-22(26)25-19(20-8-4-10-27-20)13-17(23-25)21-9-5-11-28-21/h2-11,15,19H,12-14H2,1H3/t15-,19+/m0/s1. The lowest BCUT2D eigenvalue weighted by Gasteiger charge is -2.27. The molecule has 2 aliphatic rings. The van der Waals surface area contributed by atoms with Gasteiger partial charge in [-0.1, -0.05) is 24.3 Å². The molecule has 6 heteroatoms. The Labute approximate surface area is 167 Å². The van der Waals surface area contributed by atoms with E-state index in [-0.39, 0.29) is 11.9 Å². The molecule has 0 bridgehead atoms. The molecule has 1 amide bonds. The van der Waals surface area contributed by atoms with Gasteiger partial charge in [-0.25, -0.2) is 5.01 Å². The Morgan fingerprint density at radius 1 is 1.18 bits per heavy atom. The summed E-state index contributed by atoms with van der Waals surface area (Å²) in [6, 6.07) is 16.3. The first-order valence-electron chi connectivity index (χ1n) is 9.52. The second-order valence-corrected chi connectivity index (χ2v) is 8.26. The fourth-order valence-corrected chi connectivity index (χ4v) is 4.84. The van der Waals surface area contributed by atoms with Gasteiger partial charge >= 0.3 is 0 Å². The highest BCUT2D eigenvalue weighted by atomic mass is 32.1. The van der Waals surface area contributed by atoms with Gasteiger partial charge < -0.3 is 9.32 Å². The Hall–Kier alpha value is -2.86. The molecule has 5 nitrogen and oxygen atoms in total. The molecule has 1 aromatic carbocycles. The van der Waals surface area contributed by atoms with Crippen LogP contribution in [0.3, 0.4) is 0 Å². The lowest BCUT2D eigenvalue weighted by Crippen LogP contribution is -2.40. The summed E-state index contributed by atoms with van der Waals surface area (Å²) in [7, 11) is 0. The summed E-state index contributed by atoms with van der Waals surface area (Å²) in [6.45, 7) is 2.48. The van der Waals surface area contributed by atoms with Gasteiger partial charge in [-0.2, -0.15) is 5.10 Å². The molecule has 0 radical (unpaired) electrons. The van der Waals surface area contributed by atoms with Gasteiger partial charge in [-0.15, -0.1) is 11.3 Å². The molecule has 0 saturated heterocycles. The van der Waals surface area contributed by atoms with E-state index >= 15 is 0 Å². The fourth-order valence-electron chi connectivity index (χ4n) is 4.12. The molecule has 3 aromatic rings. The van der Waals surface area contributed by atoms with Crippen molar-refractivity contribution in [1.29, 1.82) is 0 Å². The van der Waals surface area contributed by atoms with Crippen molar-refractivity contribution in [3.05, 3.63) is 76.4 Å². The van der Waals surface area contributed by atoms with E-state index in [2.05, 4.69) is 36.1 Å². The minimum absolute atomic E-state index is 0.00323. The van der Waals surface area contributed by atoms with Gasteiger partial charge in [0, 0.05) is 18.2 Å². The molecule has 28 heavy (non-hydrogen) atoms. The van der Waals surface area contributed by atoms with Crippen LogP contribution in [0.15, 0.2) is 69.7 Å². The van der Waals surface area contributed by atoms with Crippen molar-refractivity contribution in [3.63, 3.8) is 0 Å². The number of anilines is 1. The second-order valence-electron chi connectivity index (χ2n) is 7.31. The number of carbonyl (C=O) groups is 1. The first-order valence-corrected chi connectivity index (χ1v) is 10.4. The zero-order valence-electron chi connectivity index (χ0n) is 15.6. The van der Waals surface area contributed by atoms with Crippen molar-refractivity contribution >= 4 is 28.6 Å². The van der Waals surface area contributed by atoms with Gasteiger partial charge in [0.1, 0.15) is 11.8 Å². The summed E-state index contributed by atoms with van der Waals surface area (Å²) in [4.78, 5) is 16.6. The van der Waals surface area contributed by atoms with Crippen LogP contribution in [-0.4, -0.2) is 29.2 Å². The summed E-state index contributed by atoms with van der Waals surface area (Å²) in [5.41, 5.74) is 3.40. The number of benzene rings is 1. The summed E-state index contributed by atoms with van der Waals surface area (Å²) in [5.74, 6) is 0.773. The van der Waals surface area contributed by atoms with Crippen molar-refractivity contribution in [2.45, 2.75) is 31.8 Å². The predicted octanol–water partition coefficient (Wildman–Crippen LogP) is 4.47. The third-order valence-corrected chi connectivity index (χ3v) is 6.42. The maximum absolute atomic E-state index is 13.3. The molecule has 0 fully saturated rings. The van der Waals surface area contributed by atoms with Gasteiger partial charge in [-0.3, -0.25) is 4.79 Å². The van der Waals surface area contributed by atoms with Crippen molar-refractivity contribution < 1.29 is 9.21 Å². The van der Waals surface area contributed by atoms with Crippen LogP contribution in [0.1, 0.15) is 35.6 Å². The van der Waals surface area contributed by atoms with Gasteiger partial charge in [0.2, 0.25) is 0 Å². The molecule has 0 spiro atoms. The minimum Gasteiger partial charge on any atom is -0.467 e. The number of para-hydroxylation sites is 1. The summed E-state index contributed by atoms with van der Waals surface area (Å²) in [5, 5.41) is 8.38. The van der Waals surface area contributed by atoms with Crippen molar-refractivity contribution in [3.8, 4) is 0 Å². The number of amides is 1. The van der Waals surface area contributed by atoms with E-state index in [0.29, 0.717) is 19.0 Å². The Morgan fingerprint density at radius 3 is 2.86 bits per heavy atom. The highest BCUT2D eigenvalue weighted by Crippen LogP contribution is 2.36. The molecule has 4 heterocycles. The van der Waals surface area contributed by atoms with E-state index in [9.17, 15) is 4.79 Å². The smallest absolute Gasteiger partial charge is 0.262 e. The zero-order chi connectivity index (χ0) is 19.1. The van der Waals surface area contributed by atoms with E-state index < -0.39 is 0 Å². The Kier molecular flexibility index (Phi) is 4.28. The summed E-state index contributed by atoms with van der Waals surface area (Å²) >= 11 is 1.65. The highest BCUT2D eigenvalue weighted by molar-refractivity contribution is 7.12. The third kappa shape index (κ3) is 2.94. The van der Waals surface area contributed by atoms with Gasteiger partial charge in [0.05, 0.1) is 23.4 Å². The number of hydrogen-bond donors (Lipinski definition) is 0. The zero-order valence-corrected chi connectivity index (χ0v) is 16.4. The monoisotopic (exact) mass is 391 g/mol. The third-order valence-electron chi connectivity index (χ3n) is 5.50. The van der Waals surface area contributed by atoms with Crippen LogP contribution < -0.4 is 4.90 Å². The van der Waals surface area contributed by atoms with E-state index in [1.807, 2.05) is 29.6 Å². The van der Waals surface area contributed by atoms with Gasteiger partial charge in [0.25, 0.3) is 5.91 Å². The number of furan rings is 1. The second kappa shape index (κ2) is 6.95. The fraction of sp³-hybridized carbons (Fsp3) is 0.273. The SMILES string of the molecule is C[C@H]1Cc2ccccc2N1CC(=O)N1N=C(c2cccs2)C[C@@H]1c1ccco1. The van der Waals surface area contributed by atoms with Crippen LogP contribution in [0, 0.1) is 0 Å². The molecule has 2 atom stereocenters. The largest absolute Gasteiger partial charge is 0.467 e. The molecule has 5 rings (SSSR count). The lowest BCUT2D eigenvalue weighted by atomic mass is 10.1. The molecular formula is C22H21N3O2S. The van der Waals surface area contributed by atoms with E-state index in [1.54, 1.807) is 22.6 Å². The number of rotatable bonds is 4. The molecule has 0 N–H and O–H groups in total. The quantitative estimate of drug-likeness (QED) is 0.659. The Balaban J connectivity index is 1.43. The summed E-state index contributed by atoms with van der Waals surface area (Å²) < 4.78 is 5.63. The number of carbonyl (C=O) groups excluding carboxylic acids is 1. The molecule has 0 unspecified atom stereocenters. The van der Waals surface area contributed by atoms with Crippen molar-refractivity contribution in [2.75, 3.05) is 11.4 Å². The molecule has 142 valence electrons. The predicted molar refractivity (Wildman–Crippen MR) is 111 cm³/mol. The van der Waals surface area contributed by atoms with Crippen LogP contribution in [0.5, 0.6) is 0 Å². The first-order chi connectivity index (χ1) is 13.7. The van der Waals surface area contributed by atoms with E-state index in [1.165, 1.54) is 5.56 Å². The average Bonchev–Trinajstić information content (AvgIpc) is 3.48. The molecule has 2 aliphatic heterocycles. The summed E-state index contributed by atoms with van der Waals surface area (Å²) in [6.07, 6.45) is 3.29. The lowest BCUT2D eigenvalue weighted by molar-refractivity contribution is -0.131. The molecular weight excluding hydrogens is 370 g/mol. The minimum atomic E-state index is -0.187. The number of hydrogen-bond acceptors (Lipinski definition) is 5. The van der Waals surface area contributed by atoms with Gasteiger partial charge in [0.15, 0.2) is 0 Å². The van der Waals surface area contributed by atoms with E-state index in [4.69, 9.17) is 9.52 Å². The maximum Gasteiger partial charge on any atom is 0.262 e. The maximum atomic E-state index is 13.3. The van der Waals surface area contributed by atoms with Crippen molar-refractivity contribution in [1.82, 2.24) is 5.01 Å². The molecule has 2 aromatic heterocycles. The van der Waals surface area contributed by atoms with Crippen LogP contribution in [0.25, 0.3) is 0 Å². The number of nitrogens with zero attached hydrogens (tertiary/aromatic N) is 3. The number of fused-ring (bicyclic) bond motifs is 1. The van der Waals surface area contributed by atoms with Crippen LogP contribution in [0.2, 0.25) is 0 Å². The molecule has 0 saturated carbocycles. The Bertz CT molecular complexity index is 1010. The topological polar surface area (TPSA) is 49.1 Å². The van der Waals surface area contributed by atoms with Crippen LogP contribution >= 0.6 is 11.3 Å². The first kappa shape index (κ1) is 17.3. The van der Waals surface area contributed by atoms with Gasteiger partial charge in [-0.05, 0) is 48.6 Å². The van der Waals surface area contributed by atoms with Crippen LogP contribution in [-0.2, 0) is 11.2 Å². The highest BCUT2D eigenvalue weighted by Gasteiger charge is 2.37.